The SMILES string of the molecule is CCCOc1ccc(C(=O)Nc2nc(-c3ccc(F)cc3)cs2)cc1. The Kier molecular flexibility index (Phi) is 5.40. The number of anilines is 1. The van der Waals surface area contributed by atoms with Crippen LogP contribution in [0.15, 0.2) is 53.9 Å². The summed E-state index contributed by atoms with van der Waals surface area (Å²) in [5, 5.41) is 5.10. The van der Waals surface area contributed by atoms with Gasteiger partial charge < -0.3 is 4.74 Å². The van der Waals surface area contributed by atoms with Crippen molar-refractivity contribution in [2.75, 3.05) is 11.9 Å². The van der Waals surface area contributed by atoms with Crippen LogP contribution in [0.1, 0.15) is 23.7 Å². The molecule has 3 rings (SSSR count). The van der Waals surface area contributed by atoms with Crippen LogP contribution in [0.5, 0.6) is 5.75 Å². The average molecular weight is 356 g/mol. The van der Waals surface area contributed by atoms with Gasteiger partial charge in [0.05, 0.1) is 12.3 Å². The predicted octanol–water partition coefficient (Wildman–Crippen LogP) is 4.99. The molecule has 128 valence electrons. The van der Waals surface area contributed by atoms with Gasteiger partial charge in [0.1, 0.15) is 11.6 Å². The lowest BCUT2D eigenvalue weighted by Gasteiger charge is -2.05. The van der Waals surface area contributed by atoms with Crippen molar-refractivity contribution >= 4 is 22.4 Å². The molecule has 2 aromatic carbocycles. The van der Waals surface area contributed by atoms with Gasteiger partial charge in [-0.2, -0.15) is 0 Å². The van der Waals surface area contributed by atoms with Crippen molar-refractivity contribution in [1.82, 2.24) is 4.98 Å². The number of thiazole rings is 1. The molecule has 0 saturated carbocycles. The highest BCUT2D eigenvalue weighted by Crippen LogP contribution is 2.25. The molecule has 4 nitrogen and oxygen atoms in total. The second-order valence-corrected chi connectivity index (χ2v) is 6.23. The minimum absolute atomic E-state index is 0.234. The van der Waals surface area contributed by atoms with Gasteiger partial charge in [0.2, 0.25) is 0 Å². The smallest absolute Gasteiger partial charge is 0.257 e. The number of benzene rings is 2. The van der Waals surface area contributed by atoms with Gasteiger partial charge in [-0.1, -0.05) is 6.92 Å². The number of rotatable bonds is 6. The fraction of sp³-hybridized carbons (Fsp3) is 0.158. The summed E-state index contributed by atoms with van der Waals surface area (Å²) in [6.07, 6.45) is 0.933. The van der Waals surface area contributed by atoms with E-state index in [9.17, 15) is 9.18 Å². The van der Waals surface area contributed by atoms with Crippen LogP contribution in [0, 0.1) is 5.82 Å². The summed E-state index contributed by atoms with van der Waals surface area (Å²) in [6, 6.07) is 13.1. The Balaban J connectivity index is 1.66. The van der Waals surface area contributed by atoms with Crippen molar-refractivity contribution < 1.29 is 13.9 Å². The number of ether oxygens (including phenoxy) is 1. The van der Waals surface area contributed by atoms with Crippen molar-refractivity contribution in [1.29, 1.82) is 0 Å². The number of hydrogen-bond acceptors (Lipinski definition) is 4. The maximum absolute atomic E-state index is 13.0. The molecular weight excluding hydrogens is 339 g/mol. The van der Waals surface area contributed by atoms with Crippen LogP contribution in [0.2, 0.25) is 0 Å². The Hall–Kier alpha value is -2.73. The lowest BCUT2D eigenvalue weighted by atomic mass is 10.2. The standard InChI is InChI=1S/C19H17FN2O2S/c1-2-11-24-16-9-5-14(6-10-16)18(23)22-19-21-17(12-25-19)13-3-7-15(20)8-4-13/h3-10,12H,2,11H2,1H3,(H,21,22,23). The molecule has 0 radical (unpaired) electrons. The highest BCUT2D eigenvalue weighted by molar-refractivity contribution is 7.14. The van der Waals surface area contributed by atoms with Crippen LogP contribution in [0.25, 0.3) is 11.3 Å². The summed E-state index contributed by atoms with van der Waals surface area (Å²) in [5.41, 5.74) is 2.03. The maximum Gasteiger partial charge on any atom is 0.257 e. The Morgan fingerprint density at radius 1 is 1.16 bits per heavy atom. The number of hydrogen-bond donors (Lipinski definition) is 1. The van der Waals surface area contributed by atoms with Crippen LogP contribution in [0.4, 0.5) is 9.52 Å². The quantitative estimate of drug-likeness (QED) is 0.677. The number of carbonyl (C=O) groups excluding carboxylic acids is 1. The average Bonchev–Trinajstić information content (AvgIpc) is 3.09. The Morgan fingerprint density at radius 3 is 2.56 bits per heavy atom. The zero-order valence-corrected chi connectivity index (χ0v) is 14.5. The fourth-order valence-electron chi connectivity index (χ4n) is 2.18. The number of aromatic nitrogens is 1. The molecule has 3 aromatic rings. The van der Waals surface area contributed by atoms with Crippen molar-refractivity contribution in [3.05, 3.63) is 65.3 Å². The topological polar surface area (TPSA) is 51.2 Å². The molecule has 0 saturated heterocycles. The first-order valence-corrected chi connectivity index (χ1v) is 8.79. The van der Waals surface area contributed by atoms with Gasteiger partial charge in [-0.3, -0.25) is 10.1 Å². The summed E-state index contributed by atoms with van der Waals surface area (Å²) in [7, 11) is 0. The van der Waals surface area contributed by atoms with Gasteiger partial charge in [0.25, 0.3) is 5.91 Å². The van der Waals surface area contributed by atoms with E-state index in [1.165, 1.54) is 23.5 Å². The summed E-state index contributed by atoms with van der Waals surface area (Å²) in [6.45, 7) is 2.69. The fourth-order valence-corrected chi connectivity index (χ4v) is 2.89. The molecule has 1 heterocycles. The van der Waals surface area contributed by atoms with Gasteiger partial charge in [-0.25, -0.2) is 9.37 Å². The van der Waals surface area contributed by atoms with E-state index in [0.717, 1.165) is 17.7 Å². The Morgan fingerprint density at radius 2 is 1.88 bits per heavy atom. The van der Waals surface area contributed by atoms with E-state index in [-0.39, 0.29) is 11.7 Å². The Bertz CT molecular complexity index is 845. The van der Waals surface area contributed by atoms with Crippen LogP contribution in [0.3, 0.4) is 0 Å². The van der Waals surface area contributed by atoms with Crippen molar-refractivity contribution in [3.8, 4) is 17.0 Å². The summed E-state index contributed by atoms with van der Waals surface area (Å²) < 4.78 is 18.5. The third-order valence-electron chi connectivity index (χ3n) is 3.45. The molecule has 0 fully saturated rings. The van der Waals surface area contributed by atoms with E-state index in [2.05, 4.69) is 10.3 Å². The first-order chi connectivity index (χ1) is 12.2. The van der Waals surface area contributed by atoms with Gasteiger partial charge in [0.15, 0.2) is 5.13 Å². The predicted molar refractivity (Wildman–Crippen MR) is 97.7 cm³/mol. The Labute approximate surface area is 149 Å². The minimum Gasteiger partial charge on any atom is -0.494 e. The van der Waals surface area contributed by atoms with Crippen LogP contribution in [-0.4, -0.2) is 17.5 Å². The maximum atomic E-state index is 13.0. The molecule has 0 aliphatic heterocycles. The molecular formula is C19H17FN2O2S. The lowest BCUT2D eigenvalue weighted by molar-refractivity contribution is 0.102. The second-order valence-electron chi connectivity index (χ2n) is 5.37. The van der Waals surface area contributed by atoms with Gasteiger partial charge in [-0.05, 0) is 55.0 Å². The van der Waals surface area contributed by atoms with E-state index in [1.54, 1.807) is 36.4 Å². The monoisotopic (exact) mass is 356 g/mol. The van der Waals surface area contributed by atoms with E-state index < -0.39 is 0 Å². The first-order valence-electron chi connectivity index (χ1n) is 7.91. The number of nitrogens with one attached hydrogen (secondary N) is 1. The second kappa shape index (κ2) is 7.90. The summed E-state index contributed by atoms with van der Waals surface area (Å²) in [5.74, 6) is 0.215. The van der Waals surface area contributed by atoms with E-state index in [1.807, 2.05) is 12.3 Å². The zero-order chi connectivity index (χ0) is 17.6. The molecule has 25 heavy (non-hydrogen) atoms. The molecule has 0 atom stereocenters. The largest absolute Gasteiger partial charge is 0.494 e. The normalized spacial score (nSPS) is 10.5. The van der Waals surface area contributed by atoms with E-state index >= 15 is 0 Å². The highest BCUT2D eigenvalue weighted by Gasteiger charge is 2.10. The molecule has 1 N–H and O–H groups in total. The summed E-state index contributed by atoms with van der Waals surface area (Å²) in [4.78, 5) is 16.7. The number of nitrogens with zero attached hydrogens (tertiary/aromatic N) is 1. The van der Waals surface area contributed by atoms with Gasteiger partial charge >= 0.3 is 0 Å². The number of amides is 1. The molecule has 1 amide bonds. The molecule has 0 unspecified atom stereocenters. The molecule has 0 aliphatic rings. The minimum atomic E-state index is -0.293. The molecule has 0 spiro atoms. The lowest BCUT2D eigenvalue weighted by Crippen LogP contribution is -2.11. The van der Waals surface area contributed by atoms with Gasteiger partial charge in [-0.15, -0.1) is 11.3 Å². The number of carbonyl (C=O) groups is 1. The van der Waals surface area contributed by atoms with Crippen molar-refractivity contribution in [2.24, 2.45) is 0 Å². The zero-order valence-electron chi connectivity index (χ0n) is 13.7. The number of halogens is 1. The first kappa shape index (κ1) is 17.1. The van der Waals surface area contributed by atoms with Crippen LogP contribution in [-0.2, 0) is 0 Å². The third kappa shape index (κ3) is 4.42. The summed E-state index contributed by atoms with van der Waals surface area (Å²) >= 11 is 1.32. The van der Waals surface area contributed by atoms with Gasteiger partial charge in [0, 0.05) is 16.5 Å². The van der Waals surface area contributed by atoms with Crippen molar-refractivity contribution in [3.63, 3.8) is 0 Å². The van der Waals surface area contributed by atoms with Crippen LogP contribution < -0.4 is 10.1 Å². The molecule has 1 aromatic heterocycles. The highest BCUT2D eigenvalue weighted by atomic mass is 32.1. The van der Waals surface area contributed by atoms with Crippen LogP contribution >= 0.6 is 11.3 Å². The molecule has 0 bridgehead atoms. The van der Waals surface area contributed by atoms with E-state index in [0.29, 0.717) is 23.0 Å². The molecule has 6 heteroatoms. The van der Waals surface area contributed by atoms with E-state index in [4.69, 9.17) is 4.74 Å². The third-order valence-corrected chi connectivity index (χ3v) is 4.21. The molecule has 0 aliphatic carbocycles. The van der Waals surface area contributed by atoms with Crippen molar-refractivity contribution in [2.45, 2.75) is 13.3 Å².